The molecule has 0 aromatic carbocycles. The monoisotopic (exact) mass is 899 g/mol. The molecule has 0 radical (unpaired) electrons. The molecule has 0 saturated carbocycles. The Morgan fingerprint density at radius 2 is 1.21 bits per heavy atom. The highest BCUT2D eigenvalue weighted by Gasteiger charge is 2.36. The van der Waals surface area contributed by atoms with Crippen molar-refractivity contribution >= 4 is 59.3 Å². The summed E-state index contributed by atoms with van der Waals surface area (Å²) in [5, 5.41) is 64.3. The number of H-pyrrole nitrogens is 1. The van der Waals surface area contributed by atoms with Gasteiger partial charge in [0.1, 0.15) is 42.3 Å². The molecule has 10 atom stereocenters. The molecule has 0 spiro atoms. The molecule has 0 aliphatic rings. The number of nitrogens with two attached hydrogens (primary N) is 2. The molecule has 0 unspecified atom stereocenters. The Balaban J connectivity index is 3.37. The molecule has 0 saturated heterocycles. The Labute approximate surface area is 361 Å². The Morgan fingerprint density at radius 1 is 0.683 bits per heavy atom. The Hall–Kier alpha value is -6.25. The molecule has 354 valence electrons. The number of aliphatic carboxylic acids is 3. The molecule has 0 aliphatic heterocycles. The fraction of sp³-hybridized carbons (Fsp3) is 0.649. The molecule has 1 rings (SSSR count). The third-order valence-electron chi connectivity index (χ3n) is 9.60. The summed E-state index contributed by atoms with van der Waals surface area (Å²) in [7, 11) is 0. The van der Waals surface area contributed by atoms with Gasteiger partial charge in [-0.05, 0) is 52.0 Å². The predicted octanol–water partition coefficient (Wildman–Crippen LogP) is -5.33. The first-order valence-electron chi connectivity index (χ1n) is 20.1. The van der Waals surface area contributed by atoms with Crippen molar-refractivity contribution in [2.45, 2.75) is 134 Å². The summed E-state index contributed by atoms with van der Waals surface area (Å²) < 4.78 is 0. The fourth-order valence-corrected chi connectivity index (χ4v) is 5.66. The first-order chi connectivity index (χ1) is 29.6. The number of rotatable bonds is 30. The van der Waals surface area contributed by atoms with Gasteiger partial charge in [0.15, 0.2) is 0 Å². The summed E-state index contributed by atoms with van der Waals surface area (Å²) in [5.41, 5.74) is 11.5. The van der Waals surface area contributed by atoms with Gasteiger partial charge in [-0.3, -0.25) is 47.9 Å². The largest absolute Gasteiger partial charge is 0.481 e. The van der Waals surface area contributed by atoms with Crippen LogP contribution >= 0.6 is 0 Å². The molecule has 1 aromatic heterocycles. The van der Waals surface area contributed by atoms with Crippen LogP contribution in [0.15, 0.2) is 12.5 Å². The first kappa shape index (κ1) is 54.8. The Kier molecular flexibility index (Phi) is 24.0. The summed E-state index contributed by atoms with van der Waals surface area (Å²) in [6, 6.07) is -12.4. The Morgan fingerprint density at radius 3 is 1.71 bits per heavy atom. The molecule has 7 amide bonds. The van der Waals surface area contributed by atoms with E-state index in [1.165, 1.54) is 19.4 Å². The van der Waals surface area contributed by atoms with E-state index in [0.29, 0.717) is 18.5 Å². The minimum absolute atomic E-state index is 0.101. The number of hydrogen-bond acceptors (Lipinski definition) is 15. The zero-order valence-corrected chi connectivity index (χ0v) is 35.4. The summed E-state index contributed by atoms with van der Waals surface area (Å²) in [4.78, 5) is 134. The number of nitrogens with zero attached hydrogens (tertiary/aromatic N) is 1. The molecule has 17 N–H and O–H groups in total. The molecule has 26 heteroatoms. The van der Waals surface area contributed by atoms with Crippen molar-refractivity contribution in [1.29, 1.82) is 0 Å². The van der Waals surface area contributed by atoms with E-state index in [0.717, 1.165) is 6.92 Å². The number of aromatic amines is 1. The number of aliphatic hydroxyl groups is 2. The van der Waals surface area contributed by atoms with Crippen LogP contribution in [0.4, 0.5) is 0 Å². The van der Waals surface area contributed by atoms with Crippen molar-refractivity contribution < 1.29 is 73.5 Å². The smallest absolute Gasteiger partial charge is 0.325 e. The molecule has 1 aromatic rings. The van der Waals surface area contributed by atoms with Crippen molar-refractivity contribution in [2.24, 2.45) is 17.4 Å². The lowest BCUT2D eigenvalue weighted by atomic mass is 9.97. The number of carbonyl (C=O) groups excluding carboxylic acids is 7. The van der Waals surface area contributed by atoms with Gasteiger partial charge in [0, 0.05) is 24.7 Å². The minimum Gasteiger partial charge on any atom is -0.481 e. The van der Waals surface area contributed by atoms with Gasteiger partial charge in [-0.2, -0.15) is 0 Å². The van der Waals surface area contributed by atoms with Crippen LogP contribution < -0.4 is 48.7 Å². The Bertz CT molecular complexity index is 1730. The van der Waals surface area contributed by atoms with Crippen molar-refractivity contribution in [1.82, 2.24) is 47.2 Å². The second-order valence-electron chi connectivity index (χ2n) is 14.8. The van der Waals surface area contributed by atoms with Gasteiger partial charge < -0.3 is 79.2 Å². The highest BCUT2D eigenvalue weighted by molar-refractivity contribution is 5.98. The van der Waals surface area contributed by atoms with Crippen LogP contribution in [-0.2, 0) is 54.4 Å². The van der Waals surface area contributed by atoms with Gasteiger partial charge in [0.2, 0.25) is 41.4 Å². The molecule has 0 fully saturated rings. The highest BCUT2D eigenvalue weighted by atomic mass is 16.4. The summed E-state index contributed by atoms with van der Waals surface area (Å²) in [6.07, 6.45) is -0.406. The summed E-state index contributed by atoms with van der Waals surface area (Å²) in [5.74, 6) is -12.0. The third-order valence-corrected chi connectivity index (χ3v) is 9.60. The SMILES string of the molecule is CC[C@H](C)[C@H](NC(=O)[C@H](CCC(=O)O)NC(=O)[C@H](CO)NC(=O)[C@H](CCCCN)NC(=O)[C@H](Cc1cnc[nH]1)NC(=O)[C@@H](NC(=O)[C@@H](N)CC(=O)O)[C@@H](C)O)C(=O)N[C@@H](C)C(=O)O. The average molecular weight is 900 g/mol. The number of amides is 7. The minimum atomic E-state index is -1.81. The maximum absolute atomic E-state index is 13.9. The van der Waals surface area contributed by atoms with Gasteiger partial charge in [-0.15, -0.1) is 0 Å². The van der Waals surface area contributed by atoms with Gasteiger partial charge >= 0.3 is 17.9 Å². The van der Waals surface area contributed by atoms with Crippen LogP contribution in [0.25, 0.3) is 0 Å². The average Bonchev–Trinajstić information content (AvgIpc) is 3.73. The number of aliphatic hydroxyl groups excluding tert-OH is 2. The number of imidazole rings is 1. The zero-order chi connectivity index (χ0) is 48.0. The van der Waals surface area contributed by atoms with Gasteiger partial charge in [-0.1, -0.05) is 20.3 Å². The van der Waals surface area contributed by atoms with E-state index in [-0.39, 0.29) is 25.8 Å². The van der Waals surface area contributed by atoms with E-state index in [4.69, 9.17) is 16.6 Å². The van der Waals surface area contributed by atoms with E-state index in [2.05, 4.69) is 47.2 Å². The highest BCUT2D eigenvalue weighted by Crippen LogP contribution is 2.11. The quantitative estimate of drug-likeness (QED) is 0.0321. The molecular formula is C37H61N11O15. The van der Waals surface area contributed by atoms with E-state index < -0.39 is 145 Å². The van der Waals surface area contributed by atoms with Crippen molar-refractivity contribution in [3.63, 3.8) is 0 Å². The predicted molar refractivity (Wildman–Crippen MR) is 217 cm³/mol. The summed E-state index contributed by atoms with van der Waals surface area (Å²) in [6.45, 7) is 4.73. The van der Waals surface area contributed by atoms with Crippen molar-refractivity contribution in [3.05, 3.63) is 18.2 Å². The van der Waals surface area contributed by atoms with Crippen LogP contribution in [0.1, 0.15) is 78.3 Å². The van der Waals surface area contributed by atoms with Crippen molar-refractivity contribution in [3.8, 4) is 0 Å². The maximum Gasteiger partial charge on any atom is 0.325 e. The number of unbranched alkanes of at least 4 members (excludes halogenated alkanes) is 1. The van der Waals surface area contributed by atoms with E-state index in [1.54, 1.807) is 13.8 Å². The topological polar surface area (TPSA) is 437 Å². The molecular weight excluding hydrogens is 838 g/mol. The molecule has 1 heterocycles. The van der Waals surface area contributed by atoms with Crippen LogP contribution in [0.2, 0.25) is 0 Å². The lowest BCUT2D eigenvalue weighted by molar-refractivity contribution is -0.142. The van der Waals surface area contributed by atoms with E-state index in [1.807, 2.05) is 0 Å². The van der Waals surface area contributed by atoms with Crippen LogP contribution in [-0.4, -0.2) is 162 Å². The number of hydrogen-bond donors (Lipinski definition) is 15. The number of carboxylic acid groups (broad SMARTS) is 3. The first-order valence-corrected chi connectivity index (χ1v) is 20.1. The normalized spacial score (nSPS) is 15.8. The molecule has 26 nitrogen and oxygen atoms in total. The van der Waals surface area contributed by atoms with Gasteiger partial charge in [0.25, 0.3) is 0 Å². The number of carboxylic acids is 3. The second kappa shape index (κ2) is 27.6. The lowest BCUT2D eigenvalue weighted by Gasteiger charge is -2.28. The molecule has 63 heavy (non-hydrogen) atoms. The summed E-state index contributed by atoms with van der Waals surface area (Å²) >= 11 is 0. The molecule has 0 bridgehead atoms. The maximum atomic E-state index is 13.9. The van der Waals surface area contributed by atoms with E-state index >= 15 is 0 Å². The van der Waals surface area contributed by atoms with Crippen LogP contribution in [0.5, 0.6) is 0 Å². The van der Waals surface area contributed by atoms with Gasteiger partial charge in [0.05, 0.1) is 31.5 Å². The lowest BCUT2D eigenvalue weighted by Crippen LogP contribution is -2.62. The number of carbonyl (C=O) groups is 10. The number of aromatic nitrogens is 2. The van der Waals surface area contributed by atoms with Crippen molar-refractivity contribution in [2.75, 3.05) is 13.2 Å². The van der Waals surface area contributed by atoms with Crippen LogP contribution in [0, 0.1) is 5.92 Å². The third kappa shape index (κ3) is 19.6. The van der Waals surface area contributed by atoms with E-state index in [9.17, 15) is 68.4 Å². The number of nitrogens with one attached hydrogen (secondary N) is 8. The fourth-order valence-electron chi connectivity index (χ4n) is 5.66. The second-order valence-corrected chi connectivity index (χ2v) is 14.8. The molecule has 0 aliphatic carbocycles. The standard InChI is InChI=1S/C37H61N11O15/c1-5-17(2)28(35(60)42-18(3)37(62)63)47-32(57)23(9-10-26(51)52)44-34(59)25(15-49)46-31(56)22(8-6-7-11-38)43-33(58)24(12-20-14-40-16-41-20)45-36(61)29(19(4)50)48-30(55)21(39)13-27(53)54/h14,16-19,21-25,28-29,49-50H,5-13,15,38-39H2,1-4H3,(H,40,41)(H,42,60)(H,43,58)(H,44,59)(H,45,61)(H,46,56)(H,47,57)(H,48,55)(H,51,52)(H,53,54)(H,62,63)/t17-,18-,19+,21-,22-,23-,24-,25-,28-,29-/m0/s1. The van der Waals surface area contributed by atoms with Gasteiger partial charge in [-0.25, -0.2) is 4.98 Å². The van der Waals surface area contributed by atoms with Crippen LogP contribution in [0.3, 0.4) is 0 Å². The zero-order valence-electron chi connectivity index (χ0n) is 35.4.